The Morgan fingerprint density at radius 1 is 1.06 bits per heavy atom. The van der Waals surface area contributed by atoms with Crippen LogP contribution in [0.5, 0.6) is 0 Å². The van der Waals surface area contributed by atoms with E-state index in [2.05, 4.69) is 34.4 Å². The summed E-state index contributed by atoms with van der Waals surface area (Å²) in [6, 6.07) is 0. The summed E-state index contributed by atoms with van der Waals surface area (Å²) < 4.78 is 61.9. The van der Waals surface area contributed by atoms with Crippen molar-refractivity contribution in [3.63, 3.8) is 0 Å². The second-order valence-corrected chi connectivity index (χ2v) is 17.7. The number of fused-ring (bicyclic) bond motifs is 1. The second kappa shape index (κ2) is 19.1. The molecule has 0 spiro atoms. The Bertz CT molecular complexity index is 1780. The molecule has 29 heteroatoms. The van der Waals surface area contributed by atoms with Crippen LogP contribution in [0.15, 0.2) is 12.7 Å². The number of ether oxygens (including phenoxy) is 1. The maximum Gasteiger partial charge on any atom is 0.481 e. The van der Waals surface area contributed by atoms with Gasteiger partial charge >= 0.3 is 23.5 Å². The van der Waals surface area contributed by atoms with Gasteiger partial charge in [-0.2, -0.15) is 4.31 Å². The van der Waals surface area contributed by atoms with E-state index in [-0.39, 0.29) is 53.8 Å². The molecule has 2 aromatic rings. The third-order valence-electron chi connectivity index (χ3n) is 7.23. The van der Waals surface area contributed by atoms with Crippen LogP contribution < -0.4 is 16.4 Å². The Balaban J connectivity index is 1.51. The fourth-order valence-corrected chi connectivity index (χ4v) is 8.22. The molecule has 2 aromatic heterocycles. The van der Waals surface area contributed by atoms with E-state index in [4.69, 9.17) is 19.5 Å². The van der Waals surface area contributed by atoms with Crippen LogP contribution >= 0.6 is 35.2 Å². The van der Waals surface area contributed by atoms with Crippen molar-refractivity contribution in [3.8, 4) is 0 Å². The van der Waals surface area contributed by atoms with Gasteiger partial charge in [-0.15, -0.1) is 0 Å². The molecule has 3 rings (SSSR count). The zero-order chi connectivity index (χ0) is 40.6. The maximum absolute atomic E-state index is 12.6. The van der Waals surface area contributed by atoms with Crippen molar-refractivity contribution in [3.05, 3.63) is 12.7 Å². The zero-order valence-corrected chi connectivity index (χ0v) is 32.3. The molecular formula is C25H42N7O18P3S. The highest BCUT2D eigenvalue weighted by molar-refractivity contribution is 8.13. The summed E-state index contributed by atoms with van der Waals surface area (Å²) in [5, 5.41) is 35.2. The molecule has 2 unspecified atom stereocenters. The standard InChI is InChI=1S/C25H42N7O18P3S/c1-13(33)8-16(35)54-7-6-27-15(34)4-5-28-23(38)20(37)25(2,3)10-47-53(44,45)50-52(42,43)46-9-14-19(49-51(39,40)41)18(36)24(48-14)32-12-31-17-21(26)29-11-30-22(17)32/h11-14,18-20,24,33,36-37H,4-10H2,1-3H3,(H,27,34)(H,28,38)(H,42,43)(H,44,45)(H2,26,29,30)(H2,39,40,41)/t13-,14+,18+,19+,20-,24+/m0/s1. The van der Waals surface area contributed by atoms with Crippen LogP contribution in [-0.2, 0) is 50.7 Å². The van der Waals surface area contributed by atoms with Crippen LogP contribution in [-0.4, -0.2) is 134 Å². The summed E-state index contributed by atoms with van der Waals surface area (Å²) in [4.78, 5) is 86.9. The van der Waals surface area contributed by atoms with Crippen LogP contribution in [0.1, 0.15) is 39.8 Å². The summed E-state index contributed by atoms with van der Waals surface area (Å²) in [7, 11) is -16.4. The number of phosphoric acid groups is 3. The molecule has 0 aromatic carbocycles. The Labute approximate surface area is 310 Å². The number of nitrogen functional groups attached to an aromatic ring is 1. The van der Waals surface area contributed by atoms with Crippen molar-refractivity contribution in [2.24, 2.45) is 5.41 Å². The lowest BCUT2D eigenvalue weighted by atomic mass is 9.87. The maximum atomic E-state index is 12.6. The minimum atomic E-state index is -5.57. The molecule has 0 bridgehead atoms. The van der Waals surface area contributed by atoms with Gasteiger partial charge in [0.1, 0.15) is 36.3 Å². The van der Waals surface area contributed by atoms with Crippen molar-refractivity contribution in [2.45, 2.75) is 70.4 Å². The summed E-state index contributed by atoms with van der Waals surface area (Å²) in [5.41, 5.74) is 4.23. The van der Waals surface area contributed by atoms with Crippen LogP contribution in [0.4, 0.5) is 5.82 Å². The number of aromatic nitrogens is 4. The quantitative estimate of drug-likeness (QED) is 0.0501. The predicted molar refractivity (Wildman–Crippen MR) is 183 cm³/mol. The molecule has 8 atom stereocenters. The molecule has 1 saturated heterocycles. The van der Waals surface area contributed by atoms with Crippen molar-refractivity contribution in [1.82, 2.24) is 30.2 Å². The number of nitrogens with one attached hydrogen (secondary N) is 2. The first-order chi connectivity index (χ1) is 24.9. The Morgan fingerprint density at radius 3 is 2.37 bits per heavy atom. The molecule has 1 fully saturated rings. The monoisotopic (exact) mass is 853 g/mol. The lowest BCUT2D eigenvalue weighted by Crippen LogP contribution is -2.46. The molecule has 0 radical (unpaired) electrons. The van der Waals surface area contributed by atoms with Gasteiger partial charge in [-0.1, -0.05) is 25.6 Å². The van der Waals surface area contributed by atoms with Gasteiger partial charge in [0, 0.05) is 37.1 Å². The molecule has 25 nitrogen and oxygen atoms in total. The molecule has 54 heavy (non-hydrogen) atoms. The SMILES string of the molecule is C[C@H](O)CC(=O)SCCNC(=O)CCNC(=O)[C@H](O)C(C)(C)COP(=O)(O)OP(=O)(O)OC[C@H]1O[C@@H](n2cnc3c(N)ncnc32)[C@H](O)[C@@H]1OP(=O)(O)O. The van der Waals surface area contributed by atoms with Crippen molar-refractivity contribution < 1.29 is 85.6 Å². The van der Waals surface area contributed by atoms with E-state index in [0.29, 0.717) is 0 Å². The summed E-state index contributed by atoms with van der Waals surface area (Å²) in [6.07, 6.45) is -7.79. The number of hydrogen-bond acceptors (Lipinski definition) is 19. The summed E-state index contributed by atoms with van der Waals surface area (Å²) >= 11 is 0.939. The number of aliphatic hydroxyl groups is 3. The van der Waals surface area contributed by atoms with Crippen LogP contribution in [0.25, 0.3) is 11.2 Å². The van der Waals surface area contributed by atoms with Gasteiger partial charge in [0.2, 0.25) is 11.8 Å². The summed E-state index contributed by atoms with van der Waals surface area (Å²) in [6.45, 7) is 1.83. The first-order valence-corrected chi connectivity index (χ1v) is 21.1. The highest BCUT2D eigenvalue weighted by atomic mass is 32.2. The third kappa shape index (κ3) is 13.9. The largest absolute Gasteiger partial charge is 0.481 e. The average molecular weight is 854 g/mol. The number of carbonyl (C=O) groups excluding carboxylic acids is 3. The normalized spacial score (nSPS) is 22.6. The molecule has 1 aliphatic heterocycles. The number of anilines is 1. The summed E-state index contributed by atoms with van der Waals surface area (Å²) in [5.74, 6) is -1.25. The van der Waals surface area contributed by atoms with E-state index >= 15 is 0 Å². The fourth-order valence-electron chi connectivity index (χ4n) is 4.60. The second-order valence-electron chi connectivity index (χ2n) is 12.3. The molecule has 0 saturated carbocycles. The molecular weight excluding hydrogens is 811 g/mol. The third-order valence-corrected chi connectivity index (χ3v) is 11.2. The smallest absolute Gasteiger partial charge is 0.393 e. The first-order valence-electron chi connectivity index (χ1n) is 15.6. The molecule has 2 amide bonds. The zero-order valence-electron chi connectivity index (χ0n) is 28.8. The van der Waals surface area contributed by atoms with Crippen molar-refractivity contribution in [1.29, 1.82) is 0 Å². The lowest BCUT2D eigenvalue weighted by Gasteiger charge is -2.30. The Hall–Kier alpha value is -2.48. The van der Waals surface area contributed by atoms with Crippen LogP contribution in [0.3, 0.4) is 0 Å². The number of aliphatic hydroxyl groups excluding tert-OH is 3. The van der Waals surface area contributed by atoms with E-state index < -0.39 is 90.7 Å². The van der Waals surface area contributed by atoms with Crippen LogP contribution in [0, 0.1) is 5.41 Å². The number of hydrogen-bond donors (Lipinski definition) is 10. The van der Waals surface area contributed by atoms with Gasteiger partial charge in [0.25, 0.3) is 0 Å². The number of imidazole rings is 1. The Morgan fingerprint density at radius 2 is 1.72 bits per heavy atom. The topological polar surface area (TPSA) is 384 Å². The number of thioether (sulfide) groups is 1. The van der Waals surface area contributed by atoms with Gasteiger partial charge in [0.15, 0.2) is 22.8 Å². The van der Waals surface area contributed by atoms with E-state index in [1.165, 1.54) is 20.8 Å². The molecule has 1 aliphatic rings. The van der Waals surface area contributed by atoms with Gasteiger partial charge in [-0.05, 0) is 6.92 Å². The predicted octanol–water partition coefficient (Wildman–Crippen LogP) is -1.56. The number of amides is 2. The van der Waals surface area contributed by atoms with Gasteiger partial charge < -0.3 is 56.0 Å². The van der Waals surface area contributed by atoms with Crippen LogP contribution in [0.2, 0.25) is 0 Å². The molecule has 11 N–H and O–H groups in total. The van der Waals surface area contributed by atoms with E-state index in [1.807, 2.05) is 0 Å². The first kappa shape index (κ1) is 45.9. The minimum Gasteiger partial charge on any atom is -0.393 e. The van der Waals surface area contributed by atoms with E-state index in [1.54, 1.807) is 0 Å². The lowest BCUT2D eigenvalue weighted by molar-refractivity contribution is -0.137. The molecule has 3 heterocycles. The molecule has 0 aliphatic carbocycles. The molecule has 306 valence electrons. The van der Waals surface area contributed by atoms with Crippen molar-refractivity contribution >= 4 is 69.1 Å². The number of carbonyl (C=O) groups is 3. The van der Waals surface area contributed by atoms with Gasteiger partial charge in [-0.25, -0.2) is 28.6 Å². The van der Waals surface area contributed by atoms with Crippen molar-refractivity contribution in [2.75, 3.05) is 37.8 Å². The Kier molecular flexibility index (Phi) is 16.2. The fraction of sp³-hybridized carbons (Fsp3) is 0.680. The minimum absolute atomic E-state index is 0.0259. The van der Waals surface area contributed by atoms with E-state index in [9.17, 15) is 63.0 Å². The van der Waals surface area contributed by atoms with Gasteiger partial charge in [-0.3, -0.25) is 32.5 Å². The highest BCUT2D eigenvalue weighted by Crippen LogP contribution is 2.61. The number of rotatable bonds is 21. The number of nitrogens with two attached hydrogens (primary N) is 1. The van der Waals surface area contributed by atoms with E-state index in [0.717, 1.165) is 29.0 Å². The number of phosphoric ester groups is 3. The highest BCUT2D eigenvalue weighted by Gasteiger charge is 2.50. The number of nitrogens with zero attached hydrogens (tertiary/aromatic N) is 4. The average Bonchev–Trinajstić information content (AvgIpc) is 3.60. The van der Waals surface area contributed by atoms with Gasteiger partial charge in [0.05, 0.1) is 25.6 Å².